The summed E-state index contributed by atoms with van der Waals surface area (Å²) in [6.07, 6.45) is 0.600. The predicted octanol–water partition coefficient (Wildman–Crippen LogP) is 5.91. The number of nitrogens with one attached hydrogen (secondary N) is 1. The largest absolute Gasteiger partial charge is 0.352 e. The van der Waals surface area contributed by atoms with E-state index in [0.29, 0.717) is 29.1 Å². The molecular weight excluding hydrogens is 446 g/mol. The van der Waals surface area contributed by atoms with Gasteiger partial charge in [0.2, 0.25) is 0 Å². The summed E-state index contributed by atoms with van der Waals surface area (Å²) in [7, 11) is 0. The van der Waals surface area contributed by atoms with Gasteiger partial charge in [0.1, 0.15) is 11.9 Å². The first-order valence-electron chi connectivity index (χ1n) is 11.4. The number of Topliss-reactive ketones (excluding diaryl/α,β-unsaturated/α-hetero) is 1. The lowest BCUT2D eigenvalue weighted by Gasteiger charge is -2.12. The van der Waals surface area contributed by atoms with Crippen molar-refractivity contribution in [3.05, 3.63) is 82.4 Å². The fraction of sp³-hybridized carbons (Fsp3) is 0.250. The number of benzene rings is 3. The molecule has 0 aliphatic rings. The van der Waals surface area contributed by atoms with Gasteiger partial charge >= 0.3 is 0 Å². The van der Waals surface area contributed by atoms with Gasteiger partial charge in [-0.1, -0.05) is 42.8 Å². The number of aryl methyl sites for hydroxylation is 1. The Morgan fingerprint density at radius 1 is 1.06 bits per heavy atom. The van der Waals surface area contributed by atoms with E-state index in [2.05, 4.69) is 28.9 Å². The van der Waals surface area contributed by atoms with Crippen LogP contribution in [0.4, 0.5) is 0 Å². The van der Waals surface area contributed by atoms with Crippen LogP contribution in [-0.4, -0.2) is 22.8 Å². The second-order valence-electron chi connectivity index (χ2n) is 8.65. The zero-order valence-electron chi connectivity index (χ0n) is 19.3. The Kier molecular flexibility index (Phi) is 7.00. The lowest BCUT2D eigenvalue weighted by atomic mass is 9.99. The van der Waals surface area contributed by atoms with Crippen molar-refractivity contribution in [3.63, 3.8) is 0 Å². The molecule has 0 saturated heterocycles. The van der Waals surface area contributed by atoms with Crippen molar-refractivity contribution in [2.75, 3.05) is 6.54 Å². The summed E-state index contributed by atoms with van der Waals surface area (Å²) in [4.78, 5) is 25.3. The van der Waals surface area contributed by atoms with Crippen LogP contribution in [0.25, 0.3) is 21.8 Å². The first-order chi connectivity index (χ1) is 16.4. The second kappa shape index (κ2) is 10.1. The molecule has 1 amide bonds. The highest BCUT2D eigenvalue weighted by Crippen LogP contribution is 2.29. The number of fused-ring (bicyclic) bond motifs is 3. The van der Waals surface area contributed by atoms with E-state index in [1.165, 1.54) is 0 Å². The maximum absolute atomic E-state index is 12.8. The van der Waals surface area contributed by atoms with Crippen LogP contribution >= 0.6 is 11.6 Å². The number of ketones is 1. The van der Waals surface area contributed by atoms with Gasteiger partial charge in [0, 0.05) is 53.3 Å². The number of aromatic nitrogens is 1. The van der Waals surface area contributed by atoms with E-state index in [9.17, 15) is 9.59 Å². The van der Waals surface area contributed by atoms with Crippen molar-refractivity contribution in [1.29, 1.82) is 5.26 Å². The lowest BCUT2D eigenvalue weighted by Crippen LogP contribution is -2.29. The molecule has 0 aliphatic heterocycles. The molecule has 1 unspecified atom stereocenters. The monoisotopic (exact) mass is 471 g/mol. The Labute approximate surface area is 203 Å². The summed E-state index contributed by atoms with van der Waals surface area (Å²) in [5.74, 6) is -0.0826. The highest BCUT2D eigenvalue weighted by molar-refractivity contribution is 6.31. The Morgan fingerprint density at radius 2 is 1.82 bits per heavy atom. The number of carbonyl (C=O) groups is 2. The molecule has 0 bridgehead atoms. The van der Waals surface area contributed by atoms with Gasteiger partial charge in [0.05, 0.1) is 10.6 Å². The highest BCUT2D eigenvalue weighted by Gasteiger charge is 2.15. The van der Waals surface area contributed by atoms with Crippen molar-refractivity contribution in [2.24, 2.45) is 5.92 Å². The molecule has 172 valence electrons. The summed E-state index contributed by atoms with van der Waals surface area (Å²) in [5, 5.41) is 14.5. The minimum absolute atomic E-state index is 0.00367. The van der Waals surface area contributed by atoms with Gasteiger partial charge in [0.15, 0.2) is 0 Å². The molecule has 0 spiro atoms. The van der Waals surface area contributed by atoms with Gasteiger partial charge in [-0.2, -0.15) is 5.26 Å². The van der Waals surface area contributed by atoms with Gasteiger partial charge in [-0.05, 0) is 54.8 Å². The summed E-state index contributed by atoms with van der Waals surface area (Å²) >= 11 is 6.06. The summed E-state index contributed by atoms with van der Waals surface area (Å²) in [6, 6.07) is 21.1. The van der Waals surface area contributed by atoms with Crippen LogP contribution in [0.15, 0.2) is 60.7 Å². The number of hydrogen-bond donors (Lipinski definition) is 1. The van der Waals surface area contributed by atoms with Gasteiger partial charge < -0.3 is 9.88 Å². The van der Waals surface area contributed by atoms with Gasteiger partial charge in [-0.25, -0.2) is 0 Å². The first-order valence-corrected chi connectivity index (χ1v) is 11.8. The average Bonchev–Trinajstić information content (AvgIpc) is 3.15. The zero-order valence-corrected chi connectivity index (χ0v) is 20.0. The van der Waals surface area contributed by atoms with E-state index in [4.69, 9.17) is 16.9 Å². The fourth-order valence-electron chi connectivity index (χ4n) is 4.42. The molecule has 3 aromatic carbocycles. The molecule has 0 aliphatic carbocycles. The van der Waals surface area contributed by atoms with Gasteiger partial charge in [-0.3, -0.25) is 9.59 Å². The summed E-state index contributed by atoms with van der Waals surface area (Å²) in [5.41, 5.74) is 4.06. The Morgan fingerprint density at radius 3 is 2.56 bits per heavy atom. The van der Waals surface area contributed by atoms with E-state index in [1.54, 1.807) is 18.2 Å². The van der Waals surface area contributed by atoms with Crippen LogP contribution in [0.2, 0.25) is 5.02 Å². The van der Waals surface area contributed by atoms with Crippen molar-refractivity contribution in [1.82, 2.24) is 9.88 Å². The van der Waals surface area contributed by atoms with E-state index in [1.807, 2.05) is 43.3 Å². The molecule has 1 aromatic heterocycles. The summed E-state index contributed by atoms with van der Waals surface area (Å²) in [6.45, 7) is 5.33. The molecule has 0 radical (unpaired) electrons. The van der Waals surface area contributed by atoms with E-state index in [0.717, 1.165) is 33.9 Å². The first kappa shape index (κ1) is 23.5. The molecule has 1 atom stereocenters. The van der Waals surface area contributed by atoms with Crippen molar-refractivity contribution in [3.8, 4) is 6.07 Å². The second-order valence-corrected chi connectivity index (χ2v) is 9.06. The number of halogens is 1. The molecule has 1 heterocycles. The minimum Gasteiger partial charge on any atom is -0.352 e. The zero-order chi connectivity index (χ0) is 24.2. The molecule has 34 heavy (non-hydrogen) atoms. The number of para-hydroxylation sites is 1. The van der Waals surface area contributed by atoms with Crippen LogP contribution in [0.3, 0.4) is 0 Å². The molecule has 4 rings (SSSR count). The van der Waals surface area contributed by atoms with Crippen LogP contribution < -0.4 is 5.32 Å². The maximum Gasteiger partial charge on any atom is 0.251 e. The van der Waals surface area contributed by atoms with E-state index < -0.39 is 0 Å². The molecule has 0 fully saturated rings. The Bertz CT molecular complexity index is 1430. The third kappa shape index (κ3) is 4.83. The maximum atomic E-state index is 12.8. The SMILES string of the molecule is CCn1c2ccccc2c2cc(C(=O)NCC(C)CC(=O)Cc3ccc(C#N)c(Cl)c3)ccc21. The number of hydrogen-bond acceptors (Lipinski definition) is 3. The Hall–Kier alpha value is -3.62. The van der Waals surface area contributed by atoms with Crippen LogP contribution in [0.1, 0.15) is 41.8 Å². The topological polar surface area (TPSA) is 74.9 Å². The smallest absolute Gasteiger partial charge is 0.251 e. The van der Waals surface area contributed by atoms with Crippen molar-refractivity contribution in [2.45, 2.75) is 33.2 Å². The average molecular weight is 472 g/mol. The standard InChI is InChI=1S/C28H26ClN3O2/c1-3-32-26-7-5-4-6-23(26)24-15-20(10-11-27(24)32)28(34)31-17-18(2)12-22(33)13-19-8-9-21(16-30)25(29)14-19/h4-11,14-15,18H,3,12-13,17H2,1-2H3,(H,31,34). The molecule has 1 N–H and O–H groups in total. The number of nitriles is 1. The predicted molar refractivity (Wildman–Crippen MR) is 136 cm³/mol. The number of carbonyl (C=O) groups excluding carboxylic acids is 2. The third-order valence-electron chi connectivity index (χ3n) is 6.09. The Balaban J connectivity index is 1.38. The molecular formula is C28H26ClN3O2. The van der Waals surface area contributed by atoms with Crippen molar-refractivity contribution < 1.29 is 9.59 Å². The van der Waals surface area contributed by atoms with Crippen LogP contribution in [-0.2, 0) is 17.8 Å². The molecule has 5 nitrogen and oxygen atoms in total. The normalized spacial score (nSPS) is 11.9. The molecule has 4 aromatic rings. The summed E-state index contributed by atoms with van der Waals surface area (Å²) < 4.78 is 2.25. The highest BCUT2D eigenvalue weighted by atomic mass is 35.5. The van der Waals surface area contributed by atoms with E-state index >= 15 is 0 Å². The van der Waals surface area contributed by atoms with Crippen LogP contribution in [0.5, 0.6) is 0 Å². The quantitative estimate of drug-likeness (QED) is 0.347. The lowest BCUT2D eigenvalue weighted by molar-refractivity contribution is -0.119. The number of amides is 1. The van der Waals surface area contributed by atoms with E-state index in [-0.39, 0.29) is 24.0 Å². The van der Waals surface area contributed by atoms with Crippen LogP contribution in [0, 0.1) is 17.2 Å². The molecule has 0 saturated carbocycles. The minimum atomic E-state index is -0.145. The van der Waals surface area contributed by atoms with Gasteiger partial charge in [-0.15, -0.1) is 0 Å². The fourth-order valence-corrected chi connectivity index (χ4v) is 4.67. The number of nitrogens with zero attached hydrogens (tertiary/aromatic N) is 2. The van der Waals surface area contributed by atoms with Gasteiger partial charge in [0.25, 0.3) is 5.91 Å². The number of rotatable bonds is 8. The third-order valence-corrected chi connectivity index (χ3v) is 6.41. The van der Waals surface area contributed by atoms with Crippen molar-refractivity contribution >= 4 is 45.1 Å². The molecule has 6 heteroatoms.